The number of amidine groups is 1. The number of rotatable bonds is 3. The molecule has 8 nitrogen and oxygen atoms in total. The number of amides is 2. The van der Waals surface area contributed by atoms with Crippen molar-refractivity contribution in [3.63, 3.8) is 0 Å². The molecule has 0 saturated carbocycles. The monoisotopic (exact) mass is 336 g/mol. The molecule has 1 saturated heterocycles. The van der Waals surface area contributed by atoms with Crippen LogP contribution in [0.15, 0.2) is 34.2 Å². The molecule has 1 aromatic carbocycles. The van der Waals surface area contributed by atoms with Crippen LogP contribution in [-0.2, 0) is 19.6 Å². The van der Waals surface area contributed by atoms with Crippen molar-refractivity contribution in [1.29, 1.82) is 0 Å². The molecule has 9 heteroatoms. The standard InChI is InChI=1S/C14H16N4O4S/c19-12(17-10-5-3-7-15-14(10)20)8-16-13-9-4-1-2-6-11(9)23(21,22)18-13/h1-2,4,6,10H,3,5,7-8H2,(H,15,20)(H,16,18)(H,17,19)/t10-/m0/s1. The van der Waals surface area contributed by atoms with Gasteiger partial charge in [0.25, 0.3) is 10.0 Å². The third-order valence-electron chi connectivity index (χ3n) is 3.66. The number of hydrogen-bond donors (Lipinski definition) is 3. The molecule has 2 aliphatic rings. The fraction of sp³-hybridized carbons (Fsp3) is 0.357. The summed E-state index contributed by atoms with van der Waals surface area (Å²) in [5.74, 6) is -0.490. The molecule has 0 radical (unpaired) electrons. The number of fused-ring (bicyclic) bond motifs is 1. The van der Waals surface area contributed by atoms with Crippen LogP contribution in [0.5, 0.6) is 0 Å². The lowest BCUT2D eigenvalue weighted by Crippen LogP contribution is -2.50. The van der Waals surface area contributed by atoms with Crippen molar-refractivity contribution < 1.29 is 18.0 Å². The highest BCUT2D eigenvalue weighted by atomic mass is 32.2. The zero-order valence-electron chi connectivity index (χ0n) is 12.2. The van der Waals surface area contributed by atoms with Gasteiger partial charge in [0.05, 0.1) is 4.90 Å². The number of nitrogens with one attached hydrogen (secondary N) is 3. The third kappa shape index (κ3) is 3.19. The predicted molar refractivity (Wildman–Crippen MR) is 82.3 cm³/mol. The number of piperidine rings is 1. The van der Waals surface area contributed by atoms with Gasteiger partial charge < -0.3 is 10.6 Å². The number of carbonyl (C=O) groups excluding carboxylic acids is 2. The van der Waals surface area contributed by atoms with E-state index in [-0.39, 0.29) is 23.2 Å². The lowest BCUT2D eigenvalue weighted by atomic mass is 10.1. The largest absolute Gasteiger partial charge is 0.354 e. The topological polar surface area (TPSA) is 117 Å². The first-order chi connectivity index (χ1) is 11.0. The van der Waals surface area contributed by atoms with E-state index in [9.17, 15) is 18.0 Å². The number of hydrogen-bond acceptors (Lipinski definition) is 5. The van der Waals surface area contributed by atoms with Crippen LogP contribution < -0.4 is 15.4 Å². The summed E-state index contributed by atoms with van der Waals surface area (Å²) in [5.41, 5.74) is 0.440. The van der Waals surface area contributed by atoms with Crippen molar-refractivity contribution in [3.8, 4) is 0 Å². The first-order valence-corrected chi connectivity index (χ1v) is 8.69. The summed E-state index contributed by atoms with van der Waals surface area (Å²) in [5, 5.41) is 5.28. The van der Waals surface area contributed by atoms with E-state index in [0.29, 0.717) is 18.5 Å². The van der Waals surface area contributed by atoms with Gasteiger partial charge in [-0.3, -0.25) is 19.3 Å². The van der Waals surface area contributed by atoms with Gasteiger partial charge in [0, 0.05) is 12.1 Å². The van der Waals surface area contributed by atoms with Crippen molar-refractivity contribution >= 4 is 27.7 Å². The Bertz CT molecular complexity index is 788. The number of nitrogens with zero attached hydrogens (tertiary/aromatic N) is 1. The Labute approximate surface area is 133 Å². The fourth-order valence-corrected chi connectivity index (χ4v) is 3.80. The minimum absolute atomic E-state index is 0.142. The highest BCUT2D eigenvalue weighted by Crippen LogP contribution is 2.21. The van der Waals surface area contributed by atoms with E-state index >= 15 is 0 Å². The van der Waals surface area contributed by atoms with Crippen molar-refractivity contribution in [2.24, 2.45) is 4.99 Å². The molecule has 0 spiro atoms. The Morgan fingerprint density at radius 1 is 1.35 bits per heavy atom. The molecule has 2 amide bonds. The van der Waals surface area contributed by atoms with E-state index < -0.39 is 22.0 Å². The van der Waals surface area contributed by atoms with E-state index in [4.69, 9.17) is 0 Å². The molecule has 1 aromatic rings. The van der Waals surface area contributed by atoms with E-state index in [1.807, 2.05) is 0 Å². The van der Waals surface area contributed by atoms with E-state index in [0.717, 1.165) is 6.42 Å². The molecule has 0 aromatic heterocycles. The van der Waals surface area contributed by atoms with Crippen LogP contribution in [0.4, 0.5) is 0 Å². The van der Waals surface area contributed by atoms with Crippen molar-refractivity contribution in [1.82, 2.24) is 15.4 Å². The predicted octanol–water partition coefficient (Wildman–Crippen LogP) is -0.880. The van der Waals surface area contributed by atoms with Gasteiger partial charge in [-0.05, 0) is 25.0 Å². The minimum atomic E-state index is -3.62. The maximum Gasteiger partial charge on any atom is 0.263 e. The Morgan fingerprint density at radius 2 is 2.13 bits per heavy atom. The summed E-state index contributed by atoms with van der Waals surface area (Å²) in [6, 6.07) is 5.87. The Kier molecular flexibility index (Phi) is 4.03. The van der Waals surface area contributed by atoms with Gasteiger partial charge in [-0.1, -0.05) is 12.1 Å². The molecule has 2 aliphatic heterocycles. The zero-order chi connectivity index (χ0) is 16.4. The summed E-state index contributed by atoms with van der Waals surface area (Å²) in [6.07, 6.45) is 1.39. The van der Waals surface area contributed by atoms with Crippen molar-refractivity contribution in [3.05, 3.63) is 29.8 Å². The van der Waals surface area contributed by atoms with E-state index in [2.05, 4.69) is 20.3 Å². The maximum absolute atomic E-state index is 11.9. The average Bonchev–Trinajstić information content (AvgIpc) is 2.79. The Balaban J connectivity index is 1.69. The smallest absolute Gasteiger partial charge is 0.263 e. The molecule has 3 rings (SSSR count). The quantitative estimate of drug-likeness (QED) is 0.664. The van der Waals surface area contributed by atoms with Gasteiger partial charge >= 0.3 is 0 Å². The van der Waals surface area contributed by atoms with Crippen molar-refractivity contribution in [2.75, 3.05) is 13.1 Å². The molecule has 0 aliphatic carbocycles. The summed E-state index contributed by atoms with van der Waals surface area (Å²) >= 11 is 0. The minimum Gasteiger partial charge on any atom is -0.354 e. The van der Waals surface area contributed by atoms with Crippen LogP contribution in [0.1, 0.15) is 18.4 Å². The molecule has 1 fully saturated rings. The Hall–Kier alpha value is -2.42. The molecular formula is C14H16N4O4S. The van der Waals surface area contributed by atoms with Crippen LogP contribution >= 0.6 is 0 Å². The molecule has 122 valence electrons. The summed E-state index contributed by atoms with van der Waals surface area (Å²) in [4.78, 5) is 27.7. The van der Waals surface area contributed by atoms with Gasteiger partial charge in [0.1, 0.15) is 18.4 Å². The molecule has 3 N–H and O–H groups in total. The number of benzene rings is 1. The van der Waals surface area contributed by atoms with Gasteiger partial charge in [0.15, 0.2) is 0 Å². The molecule has 0 unspecified atom stereocenters. The van der Waals surface area contributed by atoms with Gasteiger partial charge in [-0.15, -0.1) is 0 Å². The molecule has 1 atom stereocenters. The van der Waals surface area contributed by atoms with Crippen LogP contribution in [0.25, 0.3) is 0 Å². The second kappa shape index (κ2) is 5.99. The summed E-state index contributed by atoms with van der Waals surface area (Å²) < 4.78 is 26.2. The zero-order valence-corrected chi connectivity index (χ0v) is 13.0. The van der Waals surface area contributed by atoms with Crippen LogP contribution in [0, 0.1) is 0 Å². The second-order valence-electron chi connectivity index (χ2n) is 5.32. The molecular weight excluding hydrogens is 320 g/mol. The summed E-state index contributed by atoms with van der Waals surface area (Å²) in [7, 11) is -3.62. The highest BCUT2D eigenvalue weighted by molar-refractivity contribution is 7.90. The Morgan fingerprint density at radius 3 is 2.91 bits per heavy atom. The SMILES string of the molecule is O=C(CN=C1NS(=O)(=O)c2ccccc21)N[C@H]1CCCNC1=O. The first-order valence-electron chi connectivity index (χ1n) is 7.21. The normalized spacial score (nSPS) is 23.7. The fourth-order valence-electron chi connectivity index (χ4n) is 2.55. The van der Waals surface area contributed by atoms with Gasteiger partial charge in [-0.25, -0.2) is 8.42 Å². The van der Waals surface area contributed by atoms with E-state index in [1.54, 1.807) is 18.2 Å². The summed E-state index contributed by atoms with van der Waals surface area (Å²) in [6.45, 7) is 0.363. The van der Waals surface area contributed by atoms with Crippen LogP contribution in [0.2, 0.25) is 0 Å². The maximum atomic E-state index is 11.9. The number of sulfonamides is 1. The molecule has 2 heterocycles. The second-order valence-corrected chi connectivity index (χ2v) is 6.97. The average molecular weight is 336 g/mol. The lowest BCUT2D eigenvalue weighted by molar-refractivity contribution is -0.129. The van der Waals surface area contributed by atoms with E-state index in [1.165, 1.54) is 6.07 Å². The van der Waals surface area contributed by atoms with Crippen molar-refractivity contribution in [2.45, 2.75) is 23.8 Å². The van der Waals surface area contributed by atoms with Gasteiger partial charge in [-0.2, -0.15) is 0 Å². The molecule has 0 bridgehead atoms. The lowest BCUT2D eigenvalue weighted by Gasteiger charge is -2.22. The molecule has 23 heavy (non-hydrogen) atoms. The van der Waals surface area contributed by atoms with Crippen LogP contribution in [0.3, 0.4) is 0 Å². The van der Waals surface area contributed by atoms with Gasteiger partial charge in [0.2, 0.25) is 11.8 Å². The highest BCUT2D eigenvalue weighted by Gasteiger charge is 2.30. The van der Waals surface area contributed by atoms with Crippen LogP contribution in [-0.4, -0.2) is 45.2 Å². The first kappa shape index (κ1) is 15.5. The number of carbonyl (C=O) groups is 2. The number of aliphatic imine (C=N–C) groups is 1. The third-order valence-corrected chi connectivity index (χ3v) is 5.06.